The molecule has 0 spiro atoms. The van der Waals surface area contributed by atoms with Crippen molar-refractivity contribution in [2.45, 2.75) is 43.0 Å². The van der Waals surface area contributed by atoms with Gasteiger partial charge in [-0.3, -0.25) is 4.79 Å². The van der Waals surface area contributed by atoms with Crippen LogP contribution in [0, 0.1) is 17.2 Å². The summed E-state index contributed by atoms with van der Waals surface area (Å²) in [4.78, 5) is 16.6. The van der Waals surface area contributed by atoms with Gasteiger partial charge in [-0.05, 0) is 49.9 Å². The predicted octanol–water partition coefficient (Wildman–Crippen LogP) is 2.61. The van der Waals surface area contributed by atoms with Gasteiger partial charge in [-0.1, -0.05) is 0 Å². The lowest BCUT2D eigenvalue weighted by Crippen LogP contribution is -2.39. The summed E-state index contributed by atoms with van der Waals surface area (Å²) >= 11 is 1.53. The zero-order chi connectivity index (χ0) is 20.4. The monoisotopic (exact) mass is 430 g/mol. The van der Waals surface area contributed by atoms with Crippen molar-refractivity contribution < 1.29 is 13.2 Å². The van der Waals surface area contributed by atoms with Crippen molar-refractivity contribution in [2.75, 3.05) is 13.1 Å². The van der Waals surface area contributed by atoms with Crippen LogP contribution in [0.15, 0.2) is 34.5 Å². The van der Waals surface area contributed by atoms with E-state index in [-0.39, 0.29) is 22.6 Å². The van der Waals surface area contributed by atoms with Gasteiger partial charge in [-0.25, -0.2) is 13.4 Å². The molecule has 1 aromatic heterocycles. The fourth-order valence-corrected chi connectivity index (χ4v) is 5.94. The molecule has 7 nitrogen and oxygen atoms in total. The number of hydrogen-bond acceptors (Lipinski definition) is 6. The van der Waals surface area contributed by atoms with Crippen molar-refractivity contribution in [3.05, 3.63) is 45.9 Å². The first-order chi connectivity index (χ1) is 14.0. The summed E-state index contributed by atoms with van der Waals surface area (Å²) in [6, 6.07) is 8.03. The number of carbonyl (C=O) groups excluding carboxylic acids is 1. The van der Waals surface area contributed by atoms with Crippen molar-refractivity contribution in [2.24, 2.45) is 5.92 Å². The van der Waals surface area contributed by atoms with Gasteiger partial charge in [-0.15, -0.1) is 11.3 Å². The van der Waals surface area contributed by atoms with Gasteiger partial charge < -0.3 is 5.32 Å². The van der Waals surface area contributed by atoms with E-state index in [0.717, 1.165) is 36.4 Å². The Morgan fingerprint density at radius 1 is 1.28 bits per heavy atom. The topological polar surface area (TPSA) is 103 Å². The molecule has 0 bridgehead atoms. The second kappa shape index (κ2) is 8.22. The van der Waals surface area contributed by atoms with Crippen molar-refractivity contribution in [3.8, 4) is 6.07 Å². The fourth-order valence-electron chi connectivity index (χ4n) is 3.47. The highest BCUT2D eigenvalue weighted by molar-refractivity contribution is 7.89. The third kappa shape index (κ3) is 4.50. The summed E-state index contributed by atoms with van der Waals surface area (Å²) in [6.07, 6.45) is 3.60. The molecule has 1 N–H and O–H groups in total. The Kier molecular flexibility index (Phi) is 5.67. The minimum Gasteiger partial charge on any atom is -0.350 e. The lowest BCUT2D eigenvalue weighted by atomic mass is 10.0. The molecule has 1 unspecified atom stereocenters. The van der Waals surface area contributed by atoms with Gasteiger partial charge in [-0.2, -0.15) is 9.57 Å². The molecule has 9 heteroatoms. The maximum absolute atomic E-state index is 13.0. The first-order valence-corrected chi connectivity index (χ1v) is 12.0. The van der Waals surface area contributed by atoms with Gasteiger partial charge in [0.1, 0.15) is 0 Å². The summed E-state index contributed by atoms with van der Waals surface area (Å²) in [7, 11) is -3.60. The maximum Gasteiger partial charge on any atom is 0.243 e. The predicted molar refractivity (Wildman–Crippen MR) is 109 cm³/mol. The third-order valence-corrected chi connectivity index (χ3v) is 8.25. The van der Waals surface area contributed by atoms with Crippen molar-refractivity contribution >= 4 is 27.3 Å². The first kappa shape index (κ1) is 20.0. The number of nitriles is 1. The molecule has 2 aromatic rings. The number of thiazole rings is 1. The first-order valence-electron chi connectivity index (χ1n) is 9.69. The average Bonchev–Trinajstić information content (AvgIpc) is 3.50. The Labute approximate surface area is 174 Å². The minimum absolute atomic E-state index is 0.0507. The van der Waals surface area contributed by atoms with Gasteiger partial charge in [0.25, 0.3) is 0 Å². The number of nitrogens with one attached hydrogen (secondary N) is 1. The SMILES string of the molecule is N#Cc1ccc(S(=O)(=O)N2CCCC(c3nc(CNC(=O)C4CC4)cs3)C2)cc1. The number of aromatic nitrogens is 1. The summed E-state index contributed by atoms with van der Waals surface area (Å²) in [6.45, 7) is 1.30. The molecule has 29 heavy (non-hydrogen) atoms. The second-order valence-corrected chi connectivity index (χ2v) is 10.3. The highest BCUT2D eigenvalue weighted by Crippen LogP contribution is 2.32. The Morgan fingerprint density at radius 3 is 2.72 bits per heavy atom. The van der Waals surface area contributed by atoms with E-state index >= 15 is 0 Å². The largest absolute Gasteiger partial charge is 0.350 e. The summed E-state index contributed by atoms with van der Waals surface area (Å²) in [5.41, 5.74) is 1.26. The standard InChI is InChI=1S/C20H22N4O3S2/c21-10-14-3-7-18(8-4-14)29(26,27)24-9-1-2-16(12-24)20-23-17(13-28-20)11-22-19(25)15-5-6-15/h3-4,7-8,13,15-16H,1-2,5-6,9,11-12H2,(H,22,25). The van der Waals surface area contributed by atoms with Crippen LogP contribution in [0.25, 0.3) is 0 Å². The van der Waals surface area contributed by atoms with Crippen LogP contribution in [0.2, 0.25) is 0 Å². The normalized spacial score (nSPS) is 20.2. The summed E-state index contributed by atoms with van der Waals surface area (Å²) in [5.74, 6) is 0.319. The smallest absolute Gasteiger partial charge is 0.243 e. The number of rotatable bonds is 6. The molecule has 1 aliphatic heterocycles. The van der Waals surface area contributed by atoms with Gasteiger partial charge >= 0.3 is 0 Å². The van der Waals surface area contributed by atoms with Gasteiger partial charge in [0.15, 0.2) is 0 Å². The van der Waals surface area contributed by atoms with Crippen LogP contribution in [0.1, 0.15) is 47.9 Å². The van der Waals surface area contributed by atoms with Gasteiger partial charge in [0.2, 0.25) is 15.9 Å². The number of carbonyl (C=O) groups is 1. The molecule has 2 aliphatic rings. The fraction of sp³-hybridized carbons (Fsp3) is 0.450. The number of sulfonamides is 1. The molecule has 1 saturated carbocycles. The molecule has 1 amide bonds. The Morgan fingerprint density at radius 2 is 2.03 bits per heavy atom. The van der Waals surface area contributed by atoms with Crippen LogP contribution in [0.4, 0.5) is 0 Å². The Balaban J connectivity index is 1.42. The summed E-state index contributed by atoms with van der Waals surface area (Å²) in [5, 5.41) is 14.7. The van der Waals surface area contributed by atoms with Crippen molar-refractivity contribution in [3.63, 3.8) is 0 Å². The van der Waals surface area contributed by atoms with Gasteiger partial charge in [0, 0.05) is 30.3 Å². The second-order valence-electron chi connectivity index (χ2n) is 7.51. The van der Waals surface area contributed by atoms with Crippen LogP contribution in [-0.2, 0) is 21.4 Å². The van der Waals surface area contributed by atoms with Crippen LogP contribution >= 0.6 is 11.3 Å². The molecule has 1 aromatic carbocycles. The third-order valence-electron chi connectivity index (χ3n) is 5.32. The minimum atomic E-state index is -3.60. The highest BCUT2D eigenvalue weighted by atomic mass is 32.2. The number of benzene rings is 1. The molecule has 152 valence electrons. The number of hydrogen-bond donors (Lipinski definition) is 1. The molecule has 0 radical (unpaired) electrons. The molecular weight excluding hydrogens is 408 g/mol. The Bertz CT molecular complexity index is 1040. The molecule has 4 rings (SSSR count). The van der Waals surface area contributed by atoms with E-state index < -0.39 is 10.0 Å². The Hall–Kier alpha value is -2.28. The van der Waals surface area contributed by atoms with E-state index in [1.807, 2.05) is 11.4 Å². The molecule has 2 heterocycles. The van der Waals surface area contributed by atoms with Crippen molar-refractivity contribution in [1.29, 1.82) is 5.26 Å². The molecule has 1 atom stereocenters. The molecule has 2 fully saturated rings. The number of amides is 1. The molecule has 1 aliphatic carbocycles. The zero-order valence-electron chi connectivity index (χ0n) is 15.9. The quantitative estimate of drug-likeness (QED) is 0.759. The van der Waals surface area contributed by atoms with Crippen LogP contribution in [0.3, 0.4) is 0 Å². The van der Waals surface area contributed by atoms with E-state index in [9.17, 15) is 13.2 Å². The van der Waals surface area contributed by atoms with E-state index in [1.54, 1.807) is 0 Å². The number of piperidine rings is 1. The zero-order valence-corrected chi connectivity index (χ0v) is 17.5. The van der Waals surface area contributed by atoms with Crippen LogP contribution in [0.5, 0.6) is 0 Å². The van der Waals surface area contributed by atoms with Crippen LogP contribution in [-0.4, -0.2) is 36.7 Å². The van der Waals surface area contributed by atoms with E-state index in [4.69, 9.17) is 5.26 Å². The van der Waals surface area contributed by atoms with E-state index in [2.05, 4.69) is 10.3 Å². The van der Waals surface area contributed by atoms with Crippen molar-refractivity contribution in [1.82, 2.24) is 14.6 Å². The van der Waals surface area contributed by atoms with Gasteiger partial charge in [0.05, 0.1) is 33.8 Å². The molecule has 1 saturated heterocycles. The molecular formula is C20H22N4O3S2. The lowest BCUT2D eigenvalue weighted by molar-refractivity contribution is -0.122. The lowest BCUT2D eigenvalue weighted by Gasteiger charge is -2.31. The average molecular weight is 431 g/mol. The summed E-state index contributed by atoms with van der Waals surface area (Å²) < 4.78 is 27.5. The number of nitrogens with zero attached hydrogens (tertiary/aromatic N) is 3. The van der Waals surface area contributed by atoms with E-state index in [1.165, 1.54) is 39.9 Å². The highest BCUT2D eigenvalue weighted by Gasteiger charge is 2.32. The maximum atomic E-state index is 13.0. The van der Waals surface area contributed by atoms with Crippen LogP contribution < -0.4 is 5.32 Å². The van der Waals surface area contributed by atoms with E-state index in [0.29, 0.717) is 25.2 Å².